The van der Waals surface area contributed by atoms with Gasteiger partial charge in [-0.05, 0) is 30.3 Å². The lowest BCUT2D eigenvalue weighted by molar-refractivity contribution is -0.139. The van der Waals surface area contributed by atoms with Crippen LogP contribution in [0.2, 0.25) is 0 Å². The van der Waals surface area contributed by atoms with Crippen LogP contribution in [0, 0.1) is 5.82 Å². The summed E-state index contributed by atoms with van der Waals surface area (Å²) in [5.74, 6) is -3.84. The molecule has 1 saturated heterocycles. The van der Waals surface area contributed by atoms with Crippen molar-refractivity contribution in [3.05, 3.63) is 101 Å². The van der Waals surface area contributed by atoms with Crippen molar-refractivity contribution in [3.63, 3.8) is 0 Å². The van der Waals surface area contributed by atoms with E-state index < -0.39 is 41.9 Å². The fourth-order valence-corrected chi connectivity index (χ4v) is 3.69. The summed E-state index contributed by atoms with van der Waals surface area (Å²) >= 11 is 0. The number of hydrogen-bond acceptors (Lipinski definition) is 5. The Hall–Kier alpha value is -4.46. The number of amides is 1. The first-order chi connectivity index (χ1) is 15.9. The van der Waals surface area contributed by atoms with Crippen molar-refractivity contribution in [1.82, 2.24) is 0 Å². The Morgan fingerprint density at radius 3 is 2.18 bits per heavy atom. The molecule has 1 aliphatic heterocycles. The third kappa shape index (κ3) is 4.18. The summed E-state index contributed by atoms with van der Waals surface area (Å²) < 4.78 is 19.9. The van der Waals surface area contributed by atoms with Gasteiger partial charge in [0.05, 0.1) is 11.6 Å². The van der Waals surface area contributed by atoms with Crippen molar-refractivity contribution in [2.24, 2.45) is 0 Å². The van der Waals surface area contributed by atoms with Crippen LogP contribution in [-0.4, -0.2) is 34.5 Å². The number of anilines is 1. The summed E-state index contributed by atoms with van der Waals surface area (Å²) in [5, 5.41) is 19.7. The molecule has 33 heavy (non-hydrogen) atoms. The van der Waals surface area contributed by atoms with E-state index in [2.05, 4.69) is 0 Å². The molecule has 4 rings (SSSR count). The number of rotatable bonds is 6. The van der Waals surface area contributed by atoms with Gasteiger partial charge in [-0.3, -0.25) is 14.5 Å². The van der Waals surface area contributed by atoms with Gasteiger partial charge < -0.3 is 14.9 Å². The SMILES string of the molecule is O=C(O)COc1ccc(N2C(=O)C(=O)C(=C(O)c3ccccc3)C2c2ccccc2F)cc1. The zero-order valence-corrected chi connectivity index (χ0v) is 17.1. The number of ether oxygens (including phenoxy) is 1. The van der Waals surface area contributed by atoms with Crippen molar-refractivity contribution >= 4 is 29.1 Å². The van der Waals surface area contributed by atoms with Gasteiger partial charge in [0.1, 0.15) is 17.3 Å². The van der Waals surface area contributed by atoms with E-state index in [4.69, 9.17) is 9.84 Å². The predicted octanol–water partition coefficient (Wildman–Crippen LogP) is 3.92. The maximum Gasteiger partial charge on any atom is 0.341 e. The summed E-state index contributed by atoms with van der Waals surface area (Å²) in [6.07, 6.45) is 0. The lowest BCUT2D eigenvalue weighted by atomic mass is 9.94. The molecule has 0 saturated carbocycles. The molecule has 0 spiro atoms. The number of Topliss-reactive ketones (excluding diaryl/α,β-unsaturated/α-hetero) is 1. The van der Waals surface area contributed by atoms with E-state index in [1.54, 1.807) is 36.4 Å². The minimum Gasteiger partial charge on any atom is -0.507 e. The molecule has 7 nitrogen and oxygen atoms in total. The predicted molar refractivity (Wildman–Crippen MR) is 117 cm³/mol. The number of aliphatic hydroxyl groups is 1. The molecule has 1 heterocycles. The lowest BCUT2D eigenvalue weighted by Crippen LogP contribution is -2.29. The number of nitrogens with zero attached hydrogens (tertiary/aromatic N) is 1. The number of benzene rings is 3. The normalized spacial score (nSPS) is 17.2. The Kier molecular flexibility index (Phi) is 5.91. The van der Waals surface area contributed by atoms with Gasteiger partial charge in [-0.2, -0.15) is 0 Å². The molecule has 1 atom stereocenters. The fraction of sp³-hybridized carbons (Fsp3) is 0.0800. The second-order valence-corrected chi connectivity index (χ2v) is 7.23. The van der Waals surface area contributed by atoms with Crippen LogP contribution < -0.4 is 9.64 Å². The number of carboxylic acid groups (broad SMARTS) is 1. The van der Waals surface area contributed by atoms with Crippen LogP contribution in [0.25, 0.3) is 5.76 Å². The number of halogens is 1. The van der Waals surface area contributed by atoms with E-state index in [0.717, 1.165) is 4.90 Å². The quantitative estimate of drug-likeness (QED) is 0.337. The van der Waals surface area contributed by atoms with Crippen LogP contribution in [0.15, 0.2) is 84.4 Å². The molecule has 166 valence electrons. The summed E-state index contributed by atoms with van der Waals surface area (Å²) in [6.45, 7) is -0.545. The highest BCUT2D eigenvalue weighted by Gasteiger charge is 2.47. The summed E-state index contributed by atoms with van der Waals surface area (Å²) in [5.41, 5.74) is 0.372. The molecule has 3 aromatic carbocycles. The first kappa shape index (κ1) is 21.8. The molecule has 2 N–H and O–H groups in total. The summed E-state index contributed by atoms with van der Waals surface area (Å²) in [6, 6.07) is 18.5. The number of carbonyl (C=O) groups is 3. The van der Waals surface area contributed by atoms with Crippen LogP contribution in [0.5, 0.6) is 5.75 Å². The van der Waals surface area contributed by atoms with Crippen LogP contribution in [0.4, 0.5) is 10.1 Å². The molecule has 3 aromatic rings. The molecule has 1 amide bonds. The minimum atomic E-state index is -1.21. The third-order valence-electron chi connectivity index (χ3n) is 5.17. The maximum atomic E-state index is 14.8. The second-order valence-electron chi connectivity index (χ2n) is 7.23. The maximum absolute atomic E-state index is 14.8. The van der Waals surface area contributed by atoms with E-state index in [1.165, 1.54) is 42.5 Å². The Bertz CT molecular complexity index is 1250. The Morgan fingerprint density at radius 2 is 1.55 bits per heavy atom. The number of aliphatic carboxylic acids is 1. The summed E-state index contributed by atoms with van der Waals surface area (Å²) in [4.78, 5) is 37.9. The first-order valence-electron chi connectivity index (χ1n) is 9.94. The van der Waals surface area contributed by atoms with Crippen LogP contribution in [-0.2, 0) is 14.4 Å². The van der Waals surface area contributed by atoms with Crippen LogP contribution in [0.1, 0.15) is 17.2 Å². The number of carboxylic acids is 1. The van der Waals surface area contributed by atoms with Gasteiger partial charge in [0.2, 0.25) is 0 Å². The molecule has 0 aliphatic carbocycles. The van der Waals surface area contributed by atoms with Gasteiger partial charge in [-0.25, -0.2) is 9.18 Å². The molecule has 1 aliphatic rings. The van der Waals surface area contributed by atoms with E-state index in [9.17, 15) is 23.9 Å². The number of carbonyl (C=O) groups excluding carboxylic acids is 2. The van der Waals surface area contributed by atoms with Gasteiger partial charge in [-0.1, -0.05) is 48.5 Å². The Morgan fingerprint density at radius 1 is 0.909 bits per heavy atom. The number of aliphatic hydroxyl groups excluding tert-OH is 1. The van der Waals surface area contributed by atoms with Crippen LogP contribution >= 0.6 is 0 Å². The molecule has 1 unspecified atom stereocenters. The van der Waals surface area contributed by atoms with Crippen molar-refractivity contribution in [3.8, 4) is 5.75 Å². The largest absolute Gasteiger partial charge is 0.507 e. The van der Waals surface area contributed by atoms with Gasteiger partial charge in [0, 0.05) is 16.8 Å². The standard InChI is InChI=1S/C25H18FNO6/c26-19-9-5-4-8-18(19)22-21(23(30)15-6-2-1-3-7-15)24(31)25(32)27(22)16-10-12-17(13-11-16)33-14-20(28)29/h1-13,22,30H,14H2,(H,28,29). The van der Waals surface area contributed by atoms with E-state index in [-0.39, 0.29) is 22.6 Å². The highest BCUT2D eigenvalue weighted by molar-refractivity contribution is 6.51. The molecule has 0 radical (unpaired) electrons. The lowest BCUT2D eigenvalue weighted by Gasteiger charge is -2.26. The third-order valence-corrected chi connectivity index (χ3v) is 5.17. The van der Waals surface area contributed by atoms with Gasteiger partial charge in [-0.15, -0.1) is 0 Å². The van der Waals surface area contributed by atoms with Gasteiger partial charge in [0.15, 0.2) is 6.61 Å². The molecular formula is C25H18FNO6. The zero-order valence-electron chi connectivity index (χ0n) is 17.1. The second kappa shape index (κ2) is 8.96. The average Bonchev–Trinajstić information content (AvgIpc) is 3.08. The van der Waals surface area contributed by atoms with Crippen molar-refractivity contribution in [2.75, 3.05) is 11.5 Å². The van der Waals surface area contributed by atoms with Crippen molar-refractivity contribution in [2.45, 2.75) is 6.04 Å². The Balaban J connectivity index is 1.84. The zero-order chi connectivity index (χ0) is 23.5. The molecule has 0 bridgehead atoms. The topological polar surface area (TPSA) is 104 Å². The monoisotopic (exact) mass is 447 g/mol. The molecule has 0 aromatic heterocycles. The van der Waals surface area contributed by atoms with E-state index >= 15 is 0 Å². The number of hydrogen-bond donors (Lipinski definition) is 2. The fourth-order valence-electron chi connectivity index (χ4n) is 3.69. The van der Waals surface area contributed by atoms with Crippen molar-refractivity contribution < 1.29 is 33.7 Å². The molecule has 1 fully saturated rings. The Labute approximate surface area is 188 Å². The van der Waals surface area contributed by atoms with E-state index in [1.807, 2.05) is 0 Å². The smallest absolute Gasteiger partial charge is 0.341 e. The van der Waals surface area contributed by atoms with Gasteiger partial charge >= 0.3 is 5.97 Å². The average molecular weight is 447 g/mol. The highest BCUT2D eigenvalue weighted by Crippen LogP contribution is 2.43. The first-order valence-corrected chi connectivity index (χ1v) is 9.94. The van der Waals surface area contributed by atoms with Crippen molar-refractivity contribution in [1.29, 1.82) is 0 Å². The van der Waals surface area contributed by atoms with E-state index in [0.29, 0.717) is 5.56 Å². The molecule has 8 heteroatoms. The minimum absolute atomic E-state index is 0.0420. The number of ketones is 1. The molecular weight excluding hydrogens is 429 g/mol. The van der Waals surface area contributed by atoms with Crippen LogP contribution in [0.3, 0.4) is 0 Å². The van der Waals surface area contributed by atoms with Gasteiger partial charge in [0.25, 0.3) is 11.7 Å². The summed E-state index contributed by atoms with van der Waals surface area (Å²) in [7, 11) is 0. The highest BCUT2D eigenvalue weighted by atomic mass is 19.1.